The number of carbonyl (C=O) groups excluding carboxylic acids is 3. The minimum Gasteiger partial charge on any atom is -0.490 e. The van der Waals surface area contributed by atoms with Gasteiger partial charge in [0.05, 0.1) is 30.7 Å². The Morgan fingerprint density at radius 3 is 2.50 bits per heavy atom. The Kier molecular flexibility index (Phi) is 8.10. The Labute approximate surface area is 185 Å². The van der Waals surface area contributed by atoms with Crippen molar-refractivity contribution in [2.24, 2.45) is 5.10 Å². The maximum atomic E-state index is 12.8. The molecule has 2 N–H and O–H groups in total. The Bertz CT molecular complexity index is 998. The van der Waals surface area contributed by atoms with E-state index in [9.17, 15) is 14.4 Å². The van der Waals surface area contributed by atoms with E-state index >= 15 is 0 Å². The van der Waals surface area contributed by atoms with Crippen molar-refractivity contribution in [1.82, 2.24) is 10.3 Å². The highest BCUT2D eigenvalue weighted by atomic mass is 16.5. The average molecular weight is 436 g/mol. The van der Waals surface area contributed by atoms with Gasteiger partial charge in [-0.3, -0.25) is 14.4 Å². The van der Waals surface area contributed by atoms with Crippen LogP contribution in [0.3, 0.4) is 0 Å². The number of hydrogen-bond donors (Lipinski definition) is 2. The second-order valence-electron chi connectivity index (χ2n) is 6.77. The molecule has 1 saturated heterocycles. The van der Waals surface area contributed by atoms with E-state index in [1.807, 2.05) is 0 Å². The Balaban J connectivity index is 1.56. The van der Waals surface area contributed by atoms with E-state index in [4.69, 9.17) is 9.47 Å². The lowest BCUT2D eigenvalue weighted by molar-refractivity contribution is -0.136. The van der Waals surface area contributed by atoms with Crippen LogP contribution in [0.5, 0.6) is 5.75 Å². The second-order valence-corrected chi connectivity index (χ2v) is 6.77. The van der Waals surface area contributed by atoms with E-state index in [1.54, 1.807) is 59.5 Å². The van der Waals surface area contributed by atoms with Gasteiger partial charge in [0.25, 0.3) is 5.91 Å². The van der Waals surface area contributed by atoms with Crippen LogP contribution < -0.4 is 15.5 Å². The Morgan fingerprint density at radius 1 is 1.06 bits per heavy atom. The van der Waals surface area contributed by atoms with E-state index in [0.717, 1.165) is 0 Å². The van der Waals surface area contributed by atoms with E-state index in [0.29, 0.717) is 49.8 Å². The van der Waals surface area contributed by atoms with E-state index in [1.165, 1.54) is 6.21 Å². The quantitative estimate of drug-likeness (QED) is 0.298. The van der Waals surface area contributed by atoms with Crippen LogP contribution in [-0.2, 0) is 14.3 Å². The van der Waals surface area contributed by atoms with Crippen LogP contribution in [0.2, 0.25) is 0 Å². The molecule has 2 aromatic rings. The van der Waals surface area contributed by atoms with Gasteiger partial charge in [0, 0.05) is 13.1 Å². The van der Waals surface area contributed by atoms with Crippen LogP contribution in [0.25, 0.3) is 0 Å². The minimum atomic E-state index is -0.958. The van der Waals surface area contributed by atoms with Crippen molar-refractivity contribution in [3.63, 3.8) is 0 Å². The first-order chi connectivity index (χ1) is 15.6. The molecule has 0 aliphatic carbocycles. The van der Waals surface area contributed by atoms with Crippen molar-refractivity contribution in [1.29, 1.82) is 0 Å². The molecule has 0 saturated carbocycles. The molecule has 1 aliphatic heterocycles. The number of nitrogens with one attached hydrogen (secondary N) is 2. The van der Waals surface area contributed by atoms with Crippen LogP contribution in [-0.4, -0.2) is 61.7 Å². The lowest BCUT2D eigenvalue weighted by Gasteiger charge is -2.27. The van der Waals surface area contributed by atoms with Gasteiger partial charge in [-0.25, -0.2) is 5.43 Å². The topological polar surface area (TPSA) is 109 Å². The Morgan fingerprint density at radius 2 is 1.78 bits per heavy atom. The van der Waals surface area contributed by atoms with Gasteiger partial charge in [-0.2, -0.15) is 5.10 Å². The first kappa shape index (κ1) is 22.7. The molecule has 1 fully saturated rings. The maximum absolute atomic E-state index is 12.8. The molecule has 1 aliphatic rings. The smallest absolute Gasteiger partial charge is 0.329 e. The van der Waals surface area contributed by atoms with Gasteiger partial charge in [0.2, 0.25) is 0 Å². The molecule has 3 amide bonds. The summed E-state index contributed by atoms with van der Waals surface area (Å²) in [4.78, 5) is 38.8. The van der Waals surface area contributed by atoms with Crippen molar-refractivity contribution in [2.45, 2.75) is 0 Å². The number of morpholine rings is 1. The number of hydrazone groups is 1. The molecular formula is C23H24N4O5. The fourth-order valence-electron chi connectivity index (χ4n) is 2.92. The number of amides is 3. The molecule has 0 radical (unpaired) electrons. The number of ether oxygens (including phenoxy) is 2. The first-order valence-corrected chi connectivity index (χ1v) is 10.0. The van der Waals surface area contributed by atoms with Crippen molar-refractivity contribution < 1.29 is 23.9 Å². The third-order valence-corrected chi connectivity index (χ3v) is 4.54. The van der Waals surface area contributed by atoms with E-state index in [2.05, 4.69) is 22.4 Å². The number of anilines is 1. The van der Waals surface area contributed by atoms with E-state index in [-0.39, 0.29) is 11.6 Å². The second kappa shape index (κ2) is 11.4. The summed E-state index contributed by atoms with van der Waals surface area (Å²) in [6, 6.07) is 13.5. The summed E-state index contributed by atoms with van der Waals surface area (Å²) >= 11 is 0. The molecule has 166 valence electrons. The van der Waals surface area contributed by atoms with Crippen LogP contribution >= 0.6 is 0 Å². The van der Waals surface area contributed by atoms with Gasteiger partial charge < -0.3 is 19.7 Å². The minimum absolute atomic E-state index is 0.233. The maximum Gasteiger partial charge on any atom is 0.329 e. The standard InChI is InChI=1S/C23H24N4O5/c1-2-13-32-18-9-7-17(8-10-18)16-24-26-22(29)21(28)25-20-6-4-3-5-19(20)23(30)27-11-14-31-15-12-27/h2-10,16H,1,11-15H2,(H,25,28)(H,26,29)/b24-16-. The van der Waals surface area contributed by atoms with Gasteiger partial charge in [-0.15, -0.1) is 0 Å². The molecule has 0 aromatic heterocycles. The van der Waals surface area contributed by atoms with Gasteiger partial charge in [-0.05, 0) is 42.0 Å². The number of hydrogen-bond acceptors (Lipinski definition) is 6. The molecule has 9 nitrogen and oxygen atoms in total. The predicted octanol–water partition coefficient (Wildman–Crippen LogP) is 1.81. The fourth-order valence-corrected chi connectivity index (χ4v) is 2.92. The van der Waals surface area contributed by atoms with Crippen molar-refractivity contribution in [2.75, 3.05) is 38.2 Å². The number of benzene rings is 2. The summed E-state index contributed by atoms with van der Waals surface area (Å²) < 4.78 is 10.7. The highest BCUT2D eigenvalue weighted by molar-refractivity contribution is 6.40. The number of nitrogens with zero attached hydrogens (tertiary/aromatic N) is 2. The largest absolute Gasteiger partial charge is 0.490 e. The zero-order chi connectivity index (χ0) is 22.8. The summed E-state index contributed by atoms with van der Waals surface area (Å²) in [7, 11) is 0. The monoisotopic (exact) mass is 436 g/mol. The Hall–Kier alpha value is -3.98. The third kappa shape index (κ3) is 6.26. The van der Waals surface area contributed by atoms with Gasteiger partial charge in [-0.1, -0.05) is 24.8 Å². The highest BCUT2D eigenvalue weighted by Gasteiger charge is 2.22. The molecule has 9 heteroatoms. The molecule has 0 spiro atoms. The molecule has 0 unspecified atom stereocenters. The number of para-hydroxylation sites is 1. The lowest BCUT2D eigenvalue weighted by atomic mass is 10.1. The average Bonchev–Trinajstić information content (AvgIpc) is 2.84. The van der Waals surface area contributed by atoms with Gasteiger partial charge >= 0.3 is 11.8 Å². The molecule has 0 bridgehead atoms. The molecule has 32 heavy (non-hydrogen) atoms. The summed E-state index contributed by atoms with van der Waals surface area (Å²) in [6.07, 6.45) is 3.05. The molecule has 0 atom stereocenters. The number of rotatable bonds is 7. The van der Waals surface area contributed by atoms with E-state index < -0.39 is 11.8 Å². The molecule has 2 aromatic carbocycles. The van der Waals surface area contributed by atoms with Gasteiger partial charge in [0.15, 0.2) is 0 Å². The zero-order valence-electron chi connectivity index (χ0n) is 17.5. The van der Waals surface area contributed by atoms with Crippen LogP contribution in [0, 0.1) is 0 Å². The van der Waals surface area contributed by atoms with Crippen LogP contribution in [0.1, 0.15) is 15.9 Å². The summed E-state index contributed by atoms with van der Waals surface area (Å²) in [6.45, 7) is 5.85. The number of carbonyl (C=O) groups is 3. The molecule has 1 heterocycles. The third-order valence-electron chi connectivity index (χ3n) is 4.54. The summed E-state index contributed by atoms with van der Waals surface area (Å²) in [5, 5.41) is 6.27. The fraction of sp³-hybridized carbons (Fsp3) is 0.217. The first-order valence-electron chi connectivity index (χ1n) is 10.0. The van der Waals surface area contributed by atoms with Crippen molar-refractivity contribution in [3.8, 4) is 5.75 Å². The van der Waals surface area contributed by atoms with Gasteiger partial charge in [0.1, 0.15) is 12.4 Å². The molecular weight excluding hydrogens is 412 g/mol. The highest BCUT2D eigenvalue weighted by Crippen LogP contribution is 2.18. The van der Waals surface area contributed by atoms with Crippen molar-refractivity contribution >= 4 is 29.6 Å². The molecule has 3 rings (SSSR count). The lowest BCUT2D eigenvalue weighted by Crippen LogP contribution is -2.41. The van der Waals surface area contributed by atoms with Crippen LogP contribution in [0.4, 0.5) is 5.69 Å². The summed E-state index contributed by atoms with van der Waals surface area (Å²) in [5.41, 5.74) is 3.44. The SMILES string of the molecule is C=CCOc1ccc(/C=N\NC(=O)C(=O)Nc2ccccc2C(=O)N2CCOCC2)cc1. The van der Waals surface area contributed by atoms with Crippen molar-refractivity contribution in [3.05, 3.63) is 72.3 Å². The summed E-state index contributed by atoms with van der Waals surface area (Å²) in [5.74, 6) is -1.45. The van der Waals surface area contributed by atoms with Crippen LogP contribution in [0.15, 0.2) is 66.3 Å². The normalized spacial score (nSPS) is 13.4. The zero-order valence-corrected chi connectivity index (χ0v) is 17.5. The predicted molar refractivity (Wildman–Crippen MR) is 120 cm³/mol.